The molecule has 1 heterocycles. The van der Waals surface area contributed by atoms with E-state index in [0.717, 1.165) is 43.5 Å². The molecule has 26 heavy (non-hydrogen) atoms. The first kappa shape index (κ1) is 20.4. The fraction of sp³-hybridized carbons (Fsp3) is 0.350. The zero-order valence-electron chi connectivity index (χ0n) is 15.5. The smallest absolute Gasteiger partial charge is 0.194 e. The average molecular weight is 467 g/mol. The Kier molecular flexibility index (Phi) is 7.56. The normalized spacial score (nSPS) is 13.5. The zero-order chi connectivity index (χ0) is 17.6. The van der Waals surface area contributed by atoms with Crippen molar-refractivity contribution in [3.63, 3.8) is 0 Å². The molecule has 0 fully saturated rings. The minimum atomic E-state index is 0. The predicted molar refractivity (Wildman–Crippen MR) is 116 cm³/mol. The summed E-state index contributed by atoms with van der Waals surface area (Å²) in [4.78, 5) is 6.73. The van der Waals surface area contributed by atoms with Crippen molar-refractivity contribution in [2.75, 3.05) is 27.8 Å². The molecule has 0 spiro atoms. The van der Waals surface area contributed by atoms with Crippen molar-refractivity contribution in [1.29, 1.82) is 0 Å². The molecule has 2 aromatic carbocycles. The van der Waals surface area contributed by atoms with Gasteiger partial charge in [-0.05, 0) is 35.2 Å². The Hall–Kier alpha value is -1.96. The molecule has 1 aliphatic heterocycles. The van der Waals surface area contributed by atoms with E-state index in [1.807, 2.05) is 13.1 Å². The maximum absolute atomic E-state index is 5.44. The highest BCUT2D eigenvalue weighted by atomic mass is 127. The van der Waals surface area contributed by atoms with Crippen LogP contribution in [0.15, 0.2) is 47.5 Å². The summed E-state index contributed by atoms with van der Waals surface area (Å²) in [6.45, 7) is 2.50. The van der Waals surface area contributed by atoms with Gasteiger partial charge in [-0.15, -0.1) is 24.0 Å². The molecule has 0 amide bonds. The van der Waals surface area contributed by atoms with Crippen molar-refractivity contribution >= 4 is 29.9 Å². The van der Waals surface area contributed by atoms with Crippen LogP contribution < -0.4 is 14.8 Å². The summed E-state index contributed by atoms with van der Waals surface area (Å²) in [5.41, 5.74) is 3.81. The standard InChI is InChI=1S/C20H25N3O2.HI/c1-21-20(22-13-15-7-5-4-6-8-15)23-10-9-16-11-18(24-2)19(25-3)12-17(16)14-23;/h4-8,11-12H,9-10,13-14H2,1-3H3,(H,21,22);1H. The summed E-state index contributed by atoms with van der Waals surface area (Å²) in [6, 6.07) is 14.5. The molecule has 0 saturated carbocycles. The molecular formula is C20H26IN3O2. The third-order valence-electron chi connectivity index (χ3n) is 4.52. The van der Waals surface area contributed by atoms with Crippen LogP contribution in [-0.4, -0.2) is 38.7 Å². The fourth-order valence-electron chi connectivity index (χ4n) is 3.17. The van der Waals surface area contributed by atoms with E-state index in [1.54, 1.807) is 14.2 Å². The average Bonchev–Trinajstić information content (AvgIpc) is 2.68. The number of fused-ring (bicyclic) bond motifs is 1. The molecule has 0 bridgehead atoms. The number of hydrogen-bond donors (Lipinski definition) is 1. The predicted octanol–water partition coefficient (Wildman–Crippen LogP) is 3.46. The van der Waals surface area contributed by atoms with E-state index < -0.39 is 0 Å². The van der Waals surface area contributed by atoms with E-state index in [9.17, 15) is 0 Å². The number of rotatable bonds is 4. The van der Waals surface area contributed by atoms with Crippen LogP contribution in [0.2, 0.25) is 0 Å². The lowest BCUT2D eigenvalue weighted by atomic mass is 9.99. The van der Waals surface area contributed by atoms with Gasteiger partial charge >= 0.3 is 0 Å². The van der Waals surface area contributed by atoms with Crippen LogP contribution in [0.3, 0.4) is 0 Å². The van der Waals surface area contributed by atoms with E-state index in [0.29, 0.717) is 0 Å². The van der Waals surface area contributed by atoms with Crippen LogP contribution in [0.5, 0.6) is 11.5 Å². The summed E-state index contributed by atoms with van der Waals surface area (Å²) < 4.78 is 10.9. The SMILES string of the molecule is CN=C(NCc1ccccc1)N1CCc2cc(OC)c(OC)cc2C1.I. The van der Waals surface area contributed by atoms with Gasteiger partial charge in [0.25, 0.3) is 0 Å². The van der Waals surface area contributed by atoms with E-state index in [4.69, 9.17) is 9.47 Å². The van der Waals surface area contributed by atoms with Crippen molar-refractivity contribution in [2.24, 2.45) is 4.99 Å². The highest BCUT2D eigenvalue weighted by Gasteiger charge is 2.21. The van der Waals surface area contributed by atoms with Gasteiger partial charge in [-0.2, -0.15) is 0 Å². The van der Waals surface area contributed by atoms with Crippen molar-refractivity contribution in [3.8, 4) is 11.5 Å². The topological polar surface area (TPSA) is 46.1 Å². The number of guanidine groups is 1. The number of halogens is 1. The maximum Gasteiger partial charge on any atom is 0.194 e. The van der Waals surface area contributed by atoms with Crippen LogP contribution in [0.25, 0.3) is 0 Å². The summed E-state index contributed by atoms with van der Waals surface area (Å²) in [5.74, 6) is 2.49. The molecule has 0 saturated heterocycles. The highest BCUT2D eigenvalue weighted by Crippen LogP contribution is 2.33. The van der Waals surface area contributed by atoms with Crippen molar-refractivity contribution in [1.82, 2.24) is 10.2 Å². The van der Waals surface area contributed by atoms with Gasteiger partial charge in [0, 0.05) is 26.7 Å². The number of methoxy groups -OCH3 is 2. The third kappa shape index (κ3) is 4.60. The second-order valence-electron chi connectivity index (χ2n) is 6.03. The second-order valence-corrected chi connectivity index (χ2v) is 6.03. The van der Waals surface area contributed by atoms with Crippen molar-refractivity contribution in [2.45, 2.75) is 19.5 Å². The second kappa shape index (κ2) is 9.66. The summed E-state index contributed by atoms with van der Waals surface area (Å²) >= 11 is 0. The first-order valence-electron chi connectivity index (χ1n) is 8.48. The lowest BCUT2D eigenvalue weighted by molar-refractivity contribution is 0.346. The summed E-state index contributed by atoms with van der Waals surface area (Å²) in [7, 11) is 5.18. The third-order valence-corrected chi connectivity index (χ3v) is 4.52. The van der Waals surface area contributed by atoms with E-state index in [-0.39, 0.29) is 24.0 Å². The molecule has 0 unspecified atom stereocenters. The number of benzene rings is 2. The van der Waals surface area contributed by atoms with Gasteiger partial charge in [-0.1, -0.05) is 30.3 Å². The Labute approximate surface area is 172 Å². The minimum absolute atomic E-state index is 0. The lowest BCUT2D eigenvalue weighted by Gasteiger charge is -2.32. The zero-order valence-corrected chi connectivity index (χ0v) is 17.8. The van der Waals surface area contributed by atoms with Crippen LogP contribution >= 0.6 is 24.0 Å². The molecule has 3 rings (SSSR count). The highest BCUT2D eigenvalue weighted by molar-refractivity contribution is 14.0. The first-order valence-corrected chi connectivity index (χ1v) is 8.48. The van der Waals surface area contributed by atoms with E-state index >= 15 is 0 Å². The van der Waals surface area contributed by atoms with Gasteiger partial charge < -0.3 is 19.7 Å². The van der Waals surface area contributed by atoms with Gasteiger partial charge in [-0.25, -0.2) is 0 Å². The van der Waals surface area contributed by atoms with E-state index in [1.165, 1.54) is 16.7 Å². The molecule has 0 atom stereocenters. The molecule has 5 nitrogen and oxygen atoms in total. The lowest BCUT2D eigenvalue weighted by Crippen LogP contribution is -2.43. The Balaban J connectivity index is 0.00000243. The molecule has 140 valence electrons. The molecule has 1 aliphatic rings. The van der Waals surface area contributed by atoms with Crippen molar-refractivity contribution in [3.05, 3.63) is 59.2 Å². The van der Waals surface area contributed by atoms with Crippen LogP contribution in [0, 0.1) is 0 Å². The number of nitrogens with zero attached hydrogens (tertiary/aromatic N) is 2. The van der Waals surface area contributed by atoms with Crippen LogP contribution in [0.4, 0.5) is 0 Å². The number of nitrogens with one attached hydrogen (secondary N) is 1. The molecule has 0 aliphatic carbocycles. The van der Waals surface area contributed by atoms with Crippen LogP contribution in [-0.2, 0) is 19.5 Å². The number of ether oxygens (including phenoxy) is 2. The molecule has 2 aromatic rings. The molecule has 0 aromatic heterocycles. The Bertz CT molecular complexity index is 750. The van der Waals surface area contributed by atoms with Crippen LogP contribution in [0.1, 0.15) is 16.7 Å². The fourth-order valence-corrected chi connectivity index (χ4v) is 3.17. The molecular weight excluding hydrogens is 441 g/mol. The Morgan fingerprint density at radius 1 is 1.08 bits per heavy atom. The van der Waals surface area contributed by atoms with Crippen molar-refractivity contribution < 1.29 is 9.47 Å². The van der Waals surface area contributed by atoms with E-state index in [2.05, 4.69) is 51.6 Å². The van der Waals surface area contributed by atoms with Gasteiger partial charge in [0.05, 0.1) is 14.2 Å². The first-order chi connectivity index (χ1) is 12.2. The number of hydrogen-bond acceptors (Lipinski definition) is 3. The number of aliphatic imine (C=N–C) groups is 1. The Morgan fingerprint density at radius 3 is 2.35 bits per heavy atom. The van der Waals surface area contributed by atoms with Gasteiger partial charge in [0.1, 0.15) is 0 Å². The minimum Gasteiger partial charge on any atom is -0.493 e. The monoisotopic (exact) mass is 467 g/mol. The van der Waals surface area contributed by atoms with Gasteiger partial charge in [-0.3, -0.25) is 4.99 Å². The molecule has 1 N–H and O–H groups in total. The molecule has 6 heteroatoms. The Morgan fingerprint density at radius 2 is 1.73 bits per heavy atom. The molecule has 0 radical (unpaired) electrons. The quantitative estimate of drug-likeness (QED) is 0.425. The summed E-state index contributed by atoms with van der Waals surface area (Å²) in [5, 5.41) is 3.46. The summed E-state index contributed by atoms with van der Waals surface area (Å²) in [6.07, 6.45) is 0.960. The largest absolute Gasteiger partial charge is 0.493 e. The maximum atomic E-state index is 5.44. The van der Waals surface area contributed by atoms with Gasteiger partial charge in [0.15, 0.2) is 17.5 Å². The van der Waals surface area contributed by atoms with Gasteiger partial charge in [0.2, 0.25) is 0 Å².